The molecule has 1 amide bonds. The molecule has 1 atom stereocenters. The maximum atomic E-state index is 13.1. The summed E-state index contributed by atoms with van der Waals surface area (Å²) in [6.07, 6.45) is 0.00148. The van der Waals surface area contributed by atoms with Crippen LogP contribution in [0.2, 0.25) is 10.0 Å². The molecule has 146 valence electrons. The molecule has 0 spiro atoms. The molecule has 7 heteroatoms. The van der Waals surface area contributed by atoms with Crippen LogP contribution in [0.25, 0.3) is 0 Å². The van der Waals surface area contributed by atoms with Crippen LogP contribution in [0.1, 0.15) is 31.1 Å². The maximum Gasteiger partial charge on any atom is 0.332 e. The van der Waals surface area contributed by atoms with Crippen molar-refractivity contribution < 1.29 is 19.4 Å². The van der Waals surface area contributed by atoms with Crippen molar-refractivity contribution in [2.24, 2.45) is 5.92 Å². The predicted octanol–water partition coefficient (Wildman–Crippen LogP) is 5.07. The molecule has 0 aromatic heterocycles. The second-order valence-electron chi connectivity index (χ2n) is 6.88. The molecule has 1 N–H and O–H groups in total. The molecule has 0 radical (unpaired) electrons. The fraction of sp³-hybridized carbons (Fsp3) is 0.238. The van der Waals surface area contributed by atoms with E-state index in [9.17, 15) is 14.7 Å². The van der Waals surface area contributed by atoms with Gasteiger partial charge in [-0.25, -0.2) is 4.79 Å². The number of hydrogen-bond acceptors (Lipinski definition) is 3. The fourth-order valence-corrected chi connectivity index (χ4v) is 3.55. The van der Waals surface area contributed by atoms with Crippen molar-refractivity contribution >= 4 is 40.8 Å². The van der Waals surface area contributed by atoms with Crippen LogP contribution in [0.15, 0.2) is 54.3 Å². The average molecular weight is 420 g/mol. The molecule has 0 aliphatic carbocycles. The van der Waals surface area contributed by atoms with Crippen molar-refractivity contribution in [2.75, 3.05) is 11.4 Å². The first-order valence-corrected chi connectivity index (χ1v) is 9.50. The van der Waals surface area contributed by atoms with Crippen LogP contribution in [0.3, 0.4) is 0 Å². The summed E-state index contributed by atoms with van der Waals surface area (Å²) in [5.41, 5.74) is 1.87. The Kier molecular flexibility index (Phi) is 5.96. The third kappa shape index (κ3) is 4.16. The highest BCUT2D eigenvalue weighted by molar-refractivity contribution is 6.31. The Morgan fingerprint density at radius 1 is 1.21 bits per heavy atom. The minimum absolute atomic E-state index is 0.149. The average Bonchev–Trinajstić information content (AvgIpc) is 2.72. The number of fused-ring (bicyclic) bond motifs is 1. The number of carbonyl (C=O) groups excluding carboxylic acids is 1. The molecular weight excluding hydrogens is 401 g/mol. The number of ether oxygens (including phenoxy) is 1. The predicted molar refractivity (Wildman–Crippen MR) is 109 cm³/mol. The van der Waals surface area contributed by atoms with Crippen molar-refractivity contribution in [2.45, 2.75) is 20.0 Å². The summed E-state index contributed by atoms with van der Waals surface area (Å²) in [7, 11) is 0. The Morgan fingerprint density at radius 3 is 2.57 bits per heavy atom. The number of hydrogen-bond donors (Lipinski definition) is 1. The van der Waals surface area contributed by atoms with E-state index in [1.54, 1.807) is 42.5 Å². The quantitative estimate of drug-likeness (QED) is 0.702. The molecule has 2 aromatic carbocycles. The van der Waals surface area contributed by atoms with Crippen molar-refractivity contribution in [3.05, 3.63) is 75.5 Å². The third-order valence-corrected chi connectivity index (χ3v) is 4.83. The van der Waals surface area contributed by atoms with Gasteiger partial charge >= 0.3 is 5.97 Å². The lowest BCUT2D eigenvalue weighted by Crippen LogP contribution is -2.35. The first kappa shape index (κ1) is 20.2. The number of carbonyl (C=O) groups is 2. The highest BCUT2D eigenvalue weighted by Crippen LogP contribution is 2.42. The van der Waals surface area contributed by atoms with Gasteiger partial charge < -0.3 is 14.7 Å². The van der Waals surface area contributed by atoms with Crippen molar-refractivity contribution in [3.63, 3.8) is 0 Å². The van der Waals surface area contributed by atoms with Crippen LogP contribution in [0.4, 0.5) is 5.69 Å². The minimum Gasteiger partial charge on any atom is -0.478 e. The number of rotatable bonds is 4. The molecule has 3 rings (SSSR count). The summed E-state index contributed by atoms with van der Waals surface area (Å²) in [5, 5.41) is 10.2. The number of nitrogens with zero attached hydrogens (tertiary/aromatic N) is 1. The number of halogens is 2. The Hall–Kier alpha value is -2.50. The minimum atomic E-state index is -1.27. The summed E-state index contributed by atoms with van der Waals surface area (Å²) < 4.78 is 5.94. The van der Waals surface area contributed by atoms with E-state index in [4.69, 9.17) is 27.9 Å². The standard InChI is InChI=1S/C21H19Cl2NO4/c1-12(2)11-24-17-8-7-13(22)9-15(17)20(14-5-3-4-6-16(14)23)28-18(21(24)27)10-19(25)26/h3-10,12,20H,11H2,1-2H3,(H,25,26)/b18-10+/t20-/m1/s1. The second kappa shape index (κ2) is 8.25. The first-order valence-electron chi connectivity index (χ1n) is 8.75. The van der Waals surface area contributed by atoms with Crippen LogP contribution >= 0.6 is 23.2 Å². The highest BCUT2D eigenvalue weighted by atomic mass is 35.5. The molecule has 1 aliphatic rings. The van der Waals surface area contributed by atoms with E-state index in [0.29, 0.717) is 33.4 Å². The zero-order valence-corrected chi connectivity index (χ0v) is 16.9. The molecule has 0 unspecified atom stereocenters. The number of carboxylic acid groups (broad SMARTS) is 1. The number of aliphatic carboxylic acids is 1. The molecule has 0 saturated carbocycles. The van der Waals surface area contributed by atoms with Crippen molar-refractivity contribution in [3.8, 4) is 0 Å². The normalized spacial score (nSPS) is 18.0. The summed E-state index contributed by atoms with van der Waals surface area (Å²) in [4.78, 5) is 26.0. The molecule has 5 nitrogen and oxygen atoms in total. The van der Waals surface area contributed by atoms with Gasteiger partial charge in [-0.1, -0.05) is 55.2 Å². The lowest BCUT2D eigenvalue weighted by molar-refractivity contribution is -0.132. The van der Waals surface area contributed by atoms with E-state index in [1.807, 2.05) is 13.8 Å². The summed E-state index contributed by atoms with van der Waals surface area (Å²) >= 11 is 12.6. The maximum absolute atomic E-state index is 13.1. The van der Waals surface area contributed by atoms with Gasteiger partial charge in [0, 0.05) is 27.7 Å². The largest absolute Gasteiger partial charge is 0.478 e. The van der Waals surface area contributed by atoms with E-state index in [-0.39, 0.29) is 11.7 Å². The van der Waals surface area contributed by atoms with Crippen molar-refractivity contribution in [1.82, 2.24) is 0 Å². The van der Waals surface area contributed by atoms with Crippen LogP contribution in [-0.4, -0.2) is 23.5 Å². The SMILES string of the molecule is CC(C)CN1C(=O)/C(=C\C(=O)O)O[C@H](c2ccccc2Cl)c2cc(Cl)ccc21. The van der Waals surface area contributed by atoms with Crippen molar-refractivity contribution in [1.29, 1.82) is 0 Å². The second-order valence-corrected chi connectivity index (χ2v) is 7.72. The van der Waals surface area contributed by atoms with Crippen LogP contribution in [-0.2, 0) is 14.3 Å². The van der Waals surface area contributed by atoms with E-state index in [2.05, 4.69) is 0 Å². The fourth-order valence-electron chi connectivity index (χ4n) is 3.14. The van der Waals surface area contributed by atoms with Gasteiger partial charge in [0.25, 0.3) is 5.91 Å². The molecule has 1 heterocycles. The number of anilines is 1. The lowest BCUT2D eigenvalue weighted by Gasteiger charge is -2.24. The van der Waals surface area contributed by atoms with Gasteiger partial charge in [0.1, 0.15) is 0 Å². The Balaban J connectivity index is 2.27. The number of carboxylic acids is 1. The van der Waals surface area contributed by atoms with Gasteiger partial charge in [-0.05, 0) is 30.2 Å². The van der Waals surface area contributed by atoms with Gasteiger partial charge in [0.15, 0.2) is 11.9 Å². The summed E-state index contributed by atoms with van der Waals surface area (Å²) in [6, 6.07) is 12.2. The topological polar surface area (TPSA) is 66.8 Å². The highest BCUT2D eigenvalue weighted by Gasteiger charge is 2.35. The zero-order valence-electron chi connectivity index (χ0n) is 15.4. The Labute approximate surface area is 173 Å². The summed E-state index contributed by atoms with van der Waals surface area (Å²) in [6.45, 7) is 4.34. The molecule has 2 aromatic rings. The monoisotopic (exact) mass is 419 g/mol. The molecule has 0 bridgehead atoms. The van der Waals surface area contributed by atoms with Gasteiger partial charge in [-0.3, -0.25) is 4.79 Å². The Morgan fingerprint density at radius 2 is 1.93 bits per heavy atom. The zero-order chi connectivity index (χ0) is 20.4. The smallest absolute Gasteiger partial charge is 0.332 e. The van der Waals surface area contributed by atoms with E-state index >= 15 is 0 Å². The third-order valence-electron chi connectivity index (χ3n) is 4.25. The van der Waals surface area contributed by atoms with E-state index < -0.39 is 18.0 Å². The molecule has 28 heavy (non-hydrogen) atoms. The Bertz CT molecular complexity index is 955. The number of benzene rings is 2. The summed E-state index contributed by atoms with van der Waals surface area (Å²) in [5.74, 6) is -1.90. The van der Waals surface area contributed by atoms with E-state index in [0.717, 1.165) is 6.08 Å². The number of amides is 1. The van der Waals surface area contributed by atoms with Crippen LogP contribution < -0.4 is 4.90 Å². The molecule has 0 fully saturated rings. The van der Waals surface area contributed by atoms with Gasteiger partial charge in [0.2, 0.25) is 0 Å². The van der Waals surface area contributed by atoms with E-state index in [1.165, 1.54) is 4.90 Å². The molecule has 0 saturated heterocycles. The van der Waals surface area contributed by atoms with Gasteiger partial charge in [-0.2, -0.15) is 0 Å². The van der Waals surface area contributed by atoms with Crippen LogP contribution in [0, 0.1) is 5.92 Å². The van der Waals surface area contributed by atoms with Crippen LogP contribution in [0.5, 0.6) is 0 Å². The van der Waals surface area contributed by atoms with Gasteiger partial charge in [0.05, 0.1) is 11.8 Å². The first-order chi connectivity index (χ1) is 13.3. The molecule has 1 aliphatic heterocycles. The lowest BCUT2D eigenvalue weighted by atomic mass is 9.99. The van der Waals surface area contributed by atoms with Gasteiger partial charge in [-0.15, -0.1) is 0 Å². The molecular formula is C21H19Cl2NO4.